The first kappa shape index (κ1) is 19.6. The minimum atomic E-state index is -0.397. The highest BCUT2D eigenvalue weighted by molar-refractivity contribution is 5.45. The quantitative estimate of drug-likeness (QED) is 0.730. The van der Waals surface area contributed by atoms with Crippen LogP contribution in [0.3, 0.4) is 0 Å². The van der Waals surface area contributed by atoms with Crippen LogP contribution in [0.25, 0.3) is 0 Å². The highest BCUT2D eigenvalue weighted by atomic mass is 18.2. The third kappa shape index (κ3) is 4.21. The van der Waals surface area contributed by atoms with Crippen LogP contribution in [-0.2, 0) is 13.0 Å². The number of aliphatic hydroxyl groups is 2. The van der Waals surface area contributed by atoms with E-state index in [1.54, 1.807) is 0 Å². The van der Waals surface area contributed by atoms with Gasteiger partial charge in [0.15, 0.2) is 0 Å². The molecule has 4 nitrogen and oxygen atoms in total. The van der Waals surface area contributed by atoms with Crippen molar-refractivity contribution in [2.45, 2.75) is 58.3 Å². The van der Waals surface area contributed by atoms with Crippen LogP contribution in [0.2, 0.25) is 0 Å². The number of ether oxygens (including phenoxy) is 1. The average molecular weight is 364 g/mol. The average Bonchev–Trinajstić information content (AvgIpc) is 2.61. The predicted molar refractivity (Wildman–Crippen MR) is 100 cm³/mol. The normalized spacial score (nSPS) is 25.8. The van der Waals surface area contributed by atoms with Crippen molar-refractivity contribution in [2.75, 3.05) is 26.4 Å². The molecule has 1 saturated heterocycles. The van der Waals surface area contributed by atoms with E-state index < -0.39 is 6.67 Å². The Morgan fingerprint density at radius 3 is 2.85 bits per heavy atom. The van der Waals surface area contributed by atoms with Crippen LogP contribution in [0.15, 0.2) is 12.1 Å². The molecule has 0 aliphatic carbocycles. The number of fused-ring (bicyclic) bond motifs is 3. The summed E-state index contributed by atoms with van der Waals surface area (Å²) in [6.07, 6.45) is 2.84. The lowest BCUT2D eigenvalue weighted by atomic mass is 9.79. The van der Waals surface area contributed by atoms with Crippen molar-refractivity contribution in [3.63, 3.8) is 0 Å². The van der Waals surface area contributed by atoms with Gasteiger partial charge in [-0.25, -0.2) is 0 Å². The Bertz CT molecular complexity index is 607. The van der Waals surface area contributed by atoms with E-state index in [0.717, 1.165) is 37.9 Å². The van der Waals surface area contributed by atoms with Crippen LogP contribution in [0.5, 0.6) is 5.75 Å². The van der Waals surface area contributed by atoms with E-state index in [1.807, 2.05) is 12.1 Å². The summed E-state index contributed by atoms with van der Waals surface area (Å²) in [4.78, 5) is 2.49. The first-order chi connectivity index (χ1) is 12.5. The lowest BCUT2D eigenvalue weighted by Crippen LogP contribution is -2.48. The van der Waals surface area contributed by atoms with Crippen LogP contribution < -0.4 is 4.74 Å². The van der Waals surface area contributed by atoms with E-state index in [9.17, 15) is 14.6 Å². The molecule has 2 aliphatic rings. The molecular formula is C21H32FNO3. The molecule has 0 spiro atoms. The highest BCUT2D eigenvalue weighted by Crippen LogP contribution is 2.42. The lowest BCUT2D eigenvalue weighted by molar-refractivity contribution is -0.0191. The standard InChI is InChI=1S/C21H32FNO3/c1-14(2)8-16-12-23-6-4-15-10-21(26-7-3-5-22)17(13-24)9-18(15)19(23)11-20(16)25/h9-10,14,16,19-20,24-25H,3-8,11-13H2,1-2H3/i22-1. The molecule has 146 valence electrons. The van der Waals surface area contributed by atoms with Gasteiger partial charge >= 0.3 is 0 Å². The van der Waals surface area contributed by atoms with E-state index in [4.69, 9.17) is 4.74 Å². The number of hydrogen-bond acceptors (Lipinski definition) is 4. The van der Waals surface area contributed by atoms with Crippen LogP contribution >= 0.6 is 0 Å². The molecule has 26 heavy (non-hydrogen) atoms. The fraction of sp³-hybridized carbons (Fsp3) is 0.714. The molecule has 2 aliphatic heterocycles. The number of halogens is 1. The van der Waals surface area contributed by atoms with Gasteiger partial charge in [-0.15, -0.1) is 0 Å². The maximum Gasteiger partial charge on any atom is 0.125 e. The van der Waals surface area contributed by atoms with Gasteiger partial charge in [-0.2, -0.15) is 0 Å². The van der Waals surface area contributed by atoms with Gasteiger partial charge in [-0.05, 0) is 54.4 Å². The van der Waals surface area contributed by atoms with Crippen molar-refractivity contribution in [3.8, 4) is 5.75 Å². The summed E-state index contributed by atoms with van der Waals surface area (Å²) in [5.41, 5.74) is 3.19. The maximum atomic E-state index is 12.3. The van der Waals surface area contributed by atoms with Gasteiger partial charge in [0.1, 0.15) is 5.75 Å². The fourth-order valence-corrected chi connectivity index (χ4v) is 4.50. The summed E-state index contributed by atoms with van der Waals surface area (Å²) >= 11 is 0. The van der Waals surface area contributed by atoms with Crippen molar-refractivity contribution < 1.29 is 19.3 Å². The zero-order chi connectivity index (χ0) is 18.7. The zero-order valence-corrected chi connectivity index (χ0v) is 16.0. The fourth-order valence-electron chi connectivity index (χ4n) is 4.50. The minimum Gasteiger partial charge on any atom is -0.493 e. The molecule has 0 aromatic heterocycles. The Hall–Kier alpha value is -1.17. The van der Waals surface area contributed by atoms with E-state index >= 15 is 0 Å². The predicted octanol–water partition coefficient (Wildman–Crippen LogP) is 3.24. The topological polar surface area (TPSA) is 52.9 Å². The van der Waals surface area contributed by atoms with Gasteiger partial charge in [-0.1, -0.05) is 13.8 Å². The molecule has 1 aromatic rings. The SMILES string of the molecule is CC(C)CC1CN2CCc3cc(OCCC[18F])c(CO)cc3C2CC1O. The Morgan fingerprint density at radius 1 is 1.35 bits per heavy atom. The van der Waals surface area contributed by atoms with Crippen molar-refractivity contribution >= 4 is 0 Å². The van der Waals surface area contributed by atoms with Crippen LogP contribution in [0, 0.1) is 11.8 Å². The van der Waals surface area contributed by atoms with Crippen molar-refractivity contribution in [2.24, 2.45) is 11.8 Å². The van der Waals surface area contributed by atoms with Gasteiger partial charge in [0, 0.05) is 31.1 Å². The smallest absolute Gasteiger partial charge is 0.125 e. The molecule has 3 unspecified atom stereocenters. The molecule has 5 heteroatoms. The molecule has 0 amide bonds. The Kier molecular flexibility index (Phi) is 6.54. The minimum absolute atomic E-state index is 0.0938. The summed E-state index contributed by atoms with van der Waals surface area (Å²) < 4.78 is 18.0. The third-order valence-corrected chi connectivity index (χ3v) is 5.75. The summed E-state index contributed by atoms with van der Waals surface area (Å²) in [5, 5.41) is 20.4. The summed E-state index contributed by atoms with van der Waals surface area (Å²) in [5.74, 6) is 1.60. The number of benzene rings is 1. The number of aliphatic hydroxyl groups excluding tert-OH is 2. The molecule has 3 rings (SSSR count). The van der Waals surface area contributed by atoms with Crippen LogP contribution in [0.1, 0.15) is 55.8 Å². The van der Waals surface area contributed by atoms with Crippen molar-refractivity contribution in [1.82, 2.24) is 4.90 Å². The number of rotatable bonds is 7. The number of piperidine rings is 1. The highest BCUT2D eigenvalue weighted by Gasteiger charge is 2.38. The van der Waals surface area contributed by atoms with Crippen molar-refractivity contribution in [3.05, 3.63) is 28.8 Å². The van der Waals surface area contributed by atoms with Gasteiger partial charge < -0.3 is 14.9 Å². The largest absolute Gasteiger partial charge is 0.493 e. The molecule has 1 fully saturated rings. The second kappa shape index (κ2) is 8.68. The second-order valence-electron chi connectivity index (χ2n) is 8.16. The second-order valence-corrected chi connectivity index (χ2v) is 8.16. The molecular weight excluding hydrogens is 332 g/mol. The van der Waals surface area contributed by atoms with E-state index in [1.165, 1.54) is 11.1 Å². The van der Waals surface area contributed by atoms with Crippen LogP contribution in [0.4, 0.5) is 4.39 Å². The van der Waals surface area contributed by atoms with E-state index in [-0.39, 0.29) is 18.8 Å². The van der Waals surface area contributed by atoms with E-state index in [2.05, 4.69) is 18.7 Å². The van der Waals surface area contributed by atoms with Gasteiger partial charge in [0.25, 0.3) is 0 Å². The molecule has 0 saturated carbocycles. The molecule has 3 atom stereocenters. The lowest BCUT2D eigenvalue weighted by Gasteiger charge is -2.46. The van der Waals surface area contributed by atoms with Gasteiger partial charge in [0.2, 0.25) is 0 Å². The molecule has 0 radical (unpaired) electrons. The molecule has 1 aromatic carbocycles. The van der Waals surface area contributed by atoms with E-state index in [0.29, 0.717) is 30.6 Å². The first-order valence-electron chi connectivity index (χ1n) is 9.90. The van der Waals surface area contributed by atoms with Crippen LogP contribution in [-0.4, -0.2) is 47.6 Å². The molecule has 2 N–H and O–H groups in total. The molecule has 0 bridgehead atoms. The maximum absolute atomic E-state index is 12.3. The Morgan fingerprint density at radius 2 is 2.15 bits per heavy atom. The van der Waals surface area contributed by atoms with Crippen molar-refractivity contribution in [1.29, 1.82) is 0 Å². The van der Waals surface area contributed by atoms with Gasteiger partial charge in [-0.3, -0.25) is 9.29 Å². The molecule has 2 heterocycles. The number of hydrogen-bond donors (Lipinski definition) is 2. The summed E-state index contributed by atoms with van der Waals surface area (Å²) in [7, 11) is 0. The number of nitrogens with zero attached hydrogens (tertiary/aromatic N) is 1. The summed E-state index contributed by atoms with van der Waals surface area (Å²) in [6, 6.07) is 4.26. The monoisotopic (exact) mass is 364 g/mol. The number of alkyl halides is 1. The summed E-state index contributed by atoms with van der Waals surface area (Å²) in [6.45, 7) is 6.18. The Balaban J connectivity index is 1.80. The first-order valence-corrected chi connectivity index (χ1v) is 9.90. The third-order valence-electron chi connectivity index (χ3n) is 5.75. The Labute approximate surface area is 156 Å². The van der Waals surface area contributed by atoms with Gasteiger partial charge in [0.05, 0.1) is 26.0 Å². The zero-order valence-electron chi connectivity index (χ0n) is 16.0.